The predicted molar refractivity (Wildman–Crippen MR) is 114 cm³/mol. The molecule has 28 heavy (non-hydrogen) atoms. The lowest BCUT2D eigenvalue weighted by atomic mass is 9.94. The van der Waals surface area contributed by atoms with E-state index in [0.29, 0.717) is 24.8 Å². The zero-order valence-electron chi connectivity index (χ0n) is 17.2. The summed E-state index contributed by atoms with van der Waals surface area (Å²) < 4.78 is 19.7. The van der Waals surface area contributed by atoms with Crippen LogP contribution >= 0.6 is 0 Å². The molecule has 0 aliphatic carbocycles. The van der Waals surface area contributed by atoms with Gasteiger partial charge in [0.15, 0.2) is 0 Å². The molecule has 150 valence electrons. The van der Waals surface area contributed by atoms with E-state index in [-0.39, 0.29) is 11.9 Å². The molecule has 0 amide bonds. The van der Waals surface area contributed by atoms with Gasteiger partial charge in [0.1, 0.15) is 13.7 Å². The van der Waals surface area contributed by atoms with E-state index in [1.165, 1.54) is 5.46 Å². The highest BCUT2D eigenvalue weighted by atomic mass is 19.1. The summed E-state index contributed by atoms with van der Waals surface area (Å²) in [6, 6.07) is 14.2. The first-order valence-electron chi connectivity index (χ1n) is 10.3. The van der Waals surface area contributed by atoms with Gasteiger partial charge in [-0.15, -0.1) is 0 Å². The van der Waals surface area contributed by atoms with E-state index in [2.05, 4.69) is 37.0 Å². The van der Waals surface area contributed by atoms with Gasteiger partial charge in [-0.1, -0.05) is 41.9 Å². The lowest BCUT2D eigenvalue weighted by Crippen LogP contribution is -2.39. The Labute approximate surface area is 168 Å². The predicted octanol–water partition coefficient (Wildman–Crippen LogP) is 2.54. The molecule has 0 aromatic heterocycles. The number of aliphatic hydroxyl groups is 1. The Morgan fingerprint density at radius 1 is 1.25 bits per heavy atom. The largest absolute Gasteiger partial charge is 0.389 e. The fraction of sp³-hybridized carbons (Fsp3) is 0.478. The van der Waals surface area contributed by atoms with Gasteiger partial charge in [0.2, 0.25) is 0 Å². The molecule has 1 aliphatic rings. The summed E-state index contributed by atoms with van der Waals surface area (Å²) in [6.07, 6.45) is 2.46. The van der Waals surface area contributed by atoms with Crippen LogP contribution in [0.4, 0.5) is 4.39 Å². The van der Waals surface area contributed by atoms with Gasteiger partial charge in [0.05, 0.1) is 18.8 Å². The van der Waals surface area contributed by atoms with Crippen molar-refractivity contribution in [1.29, 1.82) is 0 Å². The van der Waals surface area contributed by atoms with Gasteiger partial charge in [-0.05, 0) is 62.4 Å². The van der Waals surface area contributed by atoms with E-state index in [1.807, 2.05) is 19.1 Å². The summed E-state index contributed by atoms with van der Waals surface area (Å²) in [4.78, 5) is 2.32. The van der Waals surface area contributed by atoms with Crippen LogP contribution in [0.1, 0.15) is 42.6 Å². The van der Waals surface area contributed by atoms with Gasteiger partial charge >= 0.3 is 0 Å². The van der Waals surface area contributed by atoms with Gasteiger partial charge in [-0.2, -0.15) is 0 Å². The van der Waals surface area contributed by atoms with Crippen molar-refractivity contribution in [3.05, 3.63) is 65.0 Å². The van der Waals surface area contributed by atoms with Gasteiger partial charge in [0, 0.05) is 12.6 Å². The second-order valence-corrected chi connectivity index (χ2v) is 8.12. The Morgan fingerprint density at radius 3 is 2.71 bits per heavy atom. The minimum atomic E-state index is -0.525. The smallest absolute Gasteiger partial charge is 0.139 e. The minimum Gasteiger partial charge on any atom is -0.389 e. The van der Waals surface area contributed by atoms with Crippen LogP contribution in [0.2, 0.25) is 0 Å². The van der Waals surface area contributed by atoms with E-state index >= 15 is 0 Å². The monoisotopic (exact) mass is 383 g/mol. The second-order valence-electron chi connectivity index (χ2n) is 8.12. The lowest BCUT2D eigenvalue weighted by molar-refractivity contribution is -0.0171. The molecule has 5 heteroatoms. The topological polar surface area (TPSA) is 32.7 Å². The molecule has 1 heterocycles. The number of halogens is 1. The van der Waals surface area contributed by atoms with Crippen molar-refractivity contribution in [2.24, 2.45) is 0 Å². The summed E-state index contributed by atoms with van der Waals surface area (Å²) in [5.41, 5.74) is 4.06. The highest BCUT2D eigenvalue weighted by Crippen LogP contribution is 2.23. The van der Waals surface area contributed by atoms with Gasteiger partial charge in [0.25, 0.3) is 0 Å². The number of likely N-dealkylation sites (tertiary alicyclic amines) is 1. The van der Waals surface area contributed by atoms with Gasteiger partial charge in [-0.25, -0.2) is 4.39 Å². The number of nitrogens with zero attached hydrogens (tertiary/aromatic N) is 1. The fourth-order valence-electron chi connectivity index (χ4n) is 3.91. The molecule has 0 spiro atoms. The highest BCUT2D eigenvalue weighted by molar-refractivity contribution is 6.32. The maximum Gasteiger partial charge on any atom is 0.139 e. The van der Waals surface area contributed by atoms with E-state index in [4.69, 9.17) is 4.74 Å². The van der Waals surface area contributed by atoms with Crippen LogP contribution in [0.15, 0.2) is 42.5 Å². The second kappa shape index (κ2) is 9.68. The Morgan fingerprint density at radius 2 is 2.00 bits per heavy atom. The third-order valence-corrected chi connectivity index (χ3v) is 5.74. The molecule has 1 fully saturated rings. The van der Waals surface area contributed by atoms with E-state index in [1.54, 1.807) is 13.0 Å². The van der Waals surface area contributed by atoms with Crippen LogP contribution < -0.4 is 5.46 Å². The maximum atomic E-state index is 13.8. The van der Waals surface area contributed by atoms with Crippen molar-refractivity contribution in [2.45, 2.75) is 51.4 Å². The van der Waals surface area contributed by atoms with E-state index < -0.39 is 6.10 Å². The molecule has 0 saturated carbocycles. The first-order chi connectivity index (χ1) is 13.4. The number of aryl methyl sites for hydroxylation is 1. The number of rotatable bonds is 8. The Kier molecular flexibility index (Phi) is 7.27. The van der Waals surface area contributed by atoms with Crippen LogP contribution in [-0.4, -0.2) is 49.7 Å². The average molecular weight is 383 g/mol. The maximum absolute atomic E-state index is 13.8. The Hall–Kier alpha value is -1.69. The number of benzene rings is 2. The Bertz CT molecular complexity index is 768. The molecule has 3 atom stereocenters. The standard InChI is InChI=1S/C23H31BFNO2/c1-16-5-6-18(13-23(16)25)12-21-4-3-11-26(21)14-22(27)15-28-17(2)19-7-9-20(24)10-8-19/h5-10,13,17,21-22,27H,3-4,11-12,14-15,24H2,1-2H3/t17-,21+,22-/m1/s1. The summed E-state index contributed by atoms with van der Waals surface area (Å²) >= 11 is 0. The molecule has 2 aromatic rings. The zero-order valence-corrected chi connectivity index (χ0v) is 17.2. The molecule has 1 saturated heterocycles. The summed E-state index contributed by atoms with van der Waals surface area (Å²) in [7, 11) is 2.07. The van der Waals surface area contributed by atoms with Crippen molar-refractivity contribution in [3.8, 4) is 0 Å². The molecular weight excluding hydrogens is 352 g/mol. The summed E-state index contributed by atoms with van der Waals surface area (Å²) in [5, 5.41) is 10.5. The third kappa shape index (κ3) is 5.66. The first kappa shape index (κ1) is 21.0. The quantitative estimate of drug-likeness (QED) is 0.712. The van der Waals surface area contributed by atoms with Gasteiger partial charge in [-0.3, -0.25) is 4.90 Å². The minimum absolute atomic E-state index is 0.0415. The highest BCUT2D eigenvalue weighted by Gasteiger charge is 2.26. The average Bonchev–Trinajstić information content (AvgIpc) is 3.10. The molecule has 0 bridgehead atoms. The molecular formula is C23H31BFNO2. The molecule has 2 aromatic carbocycles. The van der Waals surface area contributed by atoms with Crippen molar-refractivity contribution in [2.75, 3.05) is 19.7 Å². The molecule has 3 nitrogen and oxygen atoms in total. The molecule has 0 radical (unpaired) electrons. The van der Waals surface area contributed by atoms with Crippen molar-refractivity contribution >= 4 is 13.3 Å². The number of β-amino-alcohol motifs (C(OH)–C–C–N with tert-alkyl or cyclic N) is 1. The van der Waals surface area contributed by atoms with Crippen LogP contribution in [0.25, 0.3) is 0 Å². The normalized spacial score (nSPS) is 19.6. The number of ether oxygens (including phenoxy) is 1. The Balaban J connectivity index is 1.49. The first-order valence-corrected chi connectivity index (χ1v) is 10.3. The third-order valence-electron chi connectivity index (χ3n) is 5.74. The van der Waals surface area contributed by atoms with Crippen molar-refractivity contribution in [1.82, 2.24) is 4.90 Å². The van der Waals surface area contributed by atoms with Crippen LogP contribution in [0.5, 0.6) is 0 Å². The van der Waals surface area contributed by atoms with E-state index in [0.717, 1.165) is 36.9 Å². The lowest BCUT2D eigenvalue weighted by Gasteiger charge is -2.27. The number of hydrogen-bond donors (Lipinski definition) is 1. The summed E-state index contributed by atoms with van der Waals surface area (Å²) in [5.74, 6) is -0.138. The molecule has 0 unspecified atom stereocenters. The number of aliphatic hydroxyl groups excluding tert-OH is 1. The van der Waals surface area contributed by atoms with Crippen molar-refractivity contribution < 1.29 is 14.2 Å². The van der Waals surface area contributed by atoms with Crippen LogP contribution in [0, 0.1) is 12.7 Å². The number of hydrogen-bond acceptors (Lipinski definition) is 3. The van der Waals surface area contributed by atoms with E-state index in [9.17, 15) is 9.50 Å². The molecule has 1 N–H and O–H groups in total. The van der Waals surface area contributed by atoms with Crippen molar-refractivity contribution in [3.63, 3.8) is 0 Å². The molecule has 1 aliphatic heterocycles. The zero-order chi connectivity index (χ0) is 20.1. The molecule has 3 rings (SSSR count). The van der Waals surface area contributed by atoms with Crippen LogP contribution in [-0.2, 0) is 11.2 Å². The summed E-state index contributed by atoms with van der Waals surface area (Å²) in [6.45, 7) is 5.69. The van der Waals surface area contributed by atoms with Gasteiger partial charge < -0.3 is 9.84 Å². The fourth-order valence-corrected chi connectivity index (χ4v) is 3.91. The SMILES string of the molecule is Bc1ccc([C@@H](C)OC[C@H](O)CN2CCC[C@H]2Cc2ccc(C)c(F)c2)cc1. The van der Waals surface area contributed by atoms with Crippen LogP contribution in [0.3, 0.4) is 0 Å².